The number of alkyl halides is 1. The summed E-state index contributed by atoms with van der Waals surface area (Å²) >= 11 is 2.30. The molecule has 0 aromatic heterocycles. The standard InChI is InChI=1S/C3H5BrO/c1-3(5)2-4/h2H2,1H3/i1D3,2D2. The summed E-state index contributed by atoms with van der Waals surface area (Å²) in [5.41, 5.74) is 0. The van der Waals surface area contributed by atoms with Crippen LogP contribution < -0.4 is 0 Å². The third-order valence-electron chi connectivity index (χ3n) is 0.0858. The monoisotopic (exact) mass is 141 g/mol. The largest absolute Gasteiger partial charge is 0.299 e. The van der Waals surface area contributed by atoms with Gasteiger partial charge in [0, 0.05) is 6.85 Å². The van der Waals surface area contributed by atoms with Gasteiger partial charge in [0.2, 0.25) is 0 Å². The molecular formula is C3H5BrO. The molecule has 0 rings (SSSR count). The van der Waals surface area contributed by atoms with Crippen LogP contribution in [0, 0.1) is 0 Å². The molecule has 0 saturated heterocycles. The third-order valence-corrected chi connectivity index (χ3v) is 0.446. The minimum Gasteiger partial charge on any atom is -0.299 e. The molecule has 0 amide bonds. The van der Waals surface area contributed by atoms with Gasteiger partial charge in [0.15, 0.2) is 0 Å². The van der Waals surface area contributed by atoms with Crippen molar-refractivity contribution in [3.63, 3.8) is 0 Å². The lowest BCUT2D eigenvalue weighted by Gasteiger charge is -1.69. The van der Waals surface area contributed by atoms with Gasteiger partial charge < -0.3 is 0 Å². The molecule has 30 valence electrons. The Bertz CT molecular complexity index is 128. The maximum absolute atomic E-state index is 10.5. The number of ketones is 1. The van der Waals surface area contributed by atoms with Crippen LogP contribution in [0.5, 0.6) is 0 Å². The summed E-state index contributed by atoms with van der Waals surface area (Å²) in [5.74, 6) is -1.43. The van der Waals surface area contributed by atoms with E-state index in [4.69, 9.17) is 6.85 Å². The first-order valence-corrected chi connectivity index (χ1v) is 1.69. The summed E-state index contributed by atoms with van der Waals surface area (Å²) in [7, 11) is 0. The molecule has 0 N–H and O–H groups in total. The van der Waals surface area contributed by atoms with E-state index in [0.29, 0.717) is 0 Å². The normalized spacial score (nSPS) is 27.8. The molecule has 0 heterocycles. The number of hydrogen-bond donors (Lipinski definition) is 0. The van der Waals surface area contributed by atoms with Gasteiger partial charge in [-0.1, -0.05) is 15.9 Å². The molecule has 0 aromatic carbocycles. The van der Waals surface area contributed by atoms with Crippen molar-refractivity contribution in [2.75, 3.05) is 5.28 Å². The second-order valence-corrected chi connectivity index (χ2v) is 0.820. The fourth-order valence-corrected chi connectivity index (χ4v) is 0. The van der Waals surface area contributed by atoms with Gasteiger partial charge in [-0.15, -0.1) is 0 Å². The Labute approximate surface area is 46.5 Å². The Morgan fingerprint density at radius 3 is 3.20 bits per heavy atom. The van der Waals surface area contributed by atoms with Gasteiger partial charge in [-0.25, -0.2) is 0 Å². The van der Waals surface area contributed by atoms with Gasteiger partial charge in [0.25, 0.3) is 0 Å². The molecule has 2 heteroatoms. The fraction of sp³-hybridized carbons (Fsp3) is 0.667. The molecule has 0 radical (unpaired) electrons. The number of halogens is 1. The van der Waals surface area contributed by atoms with Crippen LogP contribution in [-0.2, 0) is 4.79 Å². The van der Waals surface area contributed by atoms with Gasteiger partial charge in [0.05, 0.1) is 5.28 Å². The fourth-order valence-electron chi connectivity index (χ4n) is 0. The zero-order chi connectivity index (χ0) is 8.58. The molecule has 0 saturated carbocycles. The van der Waals surface area contributed by atoms with Crippen LogP contribution in [0.2, 0.25) is 0 Å². The molecule has 0 unspecified atom stereocenters. The molecular weight excluding hydrogens is 132 g/mol. The van der Waals surface area contributed by atoms with E-state index in [1.165, 1.54) is 0 Å². The lowest BCUT2D eigenvalue weighted by Crippen LogP contribution is -1.85. The average Bonchev–Trinajstić information content (AvgIpc) is 1.59. The second-order valence-electron chi connectivity index (χ2n) is 0.424. The second kappa shape index (κ2) is 2.39. The van der Waals surface area contributed by atoms with Crippen molar-refractivity contribution < 1.29 is 11.6 Å². The highest BCUT2D eigenvalue weighted by Crippen LogP contribution is 1.76. The highest BCUT2D eigenvalue weighted by molar-refractivity contribution is 9.09. The van der Waals surface area contributed by atoms with E-state index in [9.17, 15) is 4.79 Å². The first-order valence-electron chi connectivity index (χ1n) is 3.39. The van der Waals surface area contributed by atoms with E-state index in [2.05, 4.69) is 15.9 Å². The van der Waals surface area contributed by atoms with Crippen LogP contribution in [0.15, 0.2) is 0 Å². The minimum atomic E-state index is -2.87. The molecule has 0 aromatic rings. The minimum absolute atomic E-state index is 1.43. The van der Waals surface area contributed by atoms with Crippen molar-refractivity contribution in [3.8, 4) is 0 Å². The summed E-state index contributed by atoms with van der Waals surface area (Å²) in [6.07, 6.45) is 0. The van der Waals surface area contributed by atoms with Crippen molar-refractivity contribution >= 4 is 21.7 Å². The summed E-state index contributed by atoms with van der Waals surface area (Å²) in [5, 5.41) is -2.45. The topological polar surface area (TPSA) is 17.1 Å². The molecule has 0 bridgehead atoms. The summed E-state index contributed by atoms with van der Waals surface area (Å²) in [4.78, 5) is 10.5. The highest BCUT2D eigenvalue weighted by Gasteiger charge is 1.78. The Kier molecular flexibility index (Phi) is 0.507. The maximum Gasteiger partial charge on any atom is 0.140 e. The number of carbonyl (C=O) groups excluding carboxylic acids is 1. The van der Waals surface area contributed by atoms with Gasteiger partial charge in [-0.2, -0.15) is 0 Å². The van der Waals surface area contributed by atoms with E-state index >= 15 is 0 Å². The first-order chi connectivity index (χ1) is 4.15. The summed E-state index contributed by atoms with van der Waals surface area (Å²) in [6, 6.07) is 0. The number of Topliss-reactive ketones (excluding diaryl/α,β-unsaturated/α-hetero) is 1. The smallest absolute Gasteiger partial charge is 0.140 e. The Morgan fingerprint density at radius 2 is 3.20 bits per heavy atom. The van der Waals surface area contributed by atoms with Crippen LogP contribution in [0.1, 0.15) is 13.7 Å². The summed E-state index contributed by atoms with van der Waals surface area (Å²) in [6.45, 7) is -2.87. The van der Waals surface area contributed by atoms with Gasteiger partial charge in [-0.05, 0) is 6.85 Å². The summed E-state index contributed by atoms with van der Waals surface area (Å²) < 4.78 is 32.9. The van der Waals surface area contributed by atoms with E-state index in [0.717, 1.165) is 0 Å². The lowest BCUT2D eigenvalue weighted by molar-refractivity contribution is -0.114. The highest BCUT2D eigenvalue weighted by atomic mass is 79.9. The quantitative estimate of drug-likeness (QED) is 0.498. The van der Waals surface area contributed by atoms with E-state index < -0.39 is 17.9 Å². The lowest BCUT2D eigenvalue weighted by atomic mass is 10.5. The Morgan fingerprint density at radius 1 is 2.60 bits per heavy atom. The zero-order valence-corrected chi connectivity index (χ0v) is 3.87. The molecule has 0 spiro atoms. The predicted octanol–water partition coefficient (Wildman–Crippen LogP) is 0.970. The van der Waals surface area contributed by atoms with Gasteiger partial charge in [-0.3, -0.25) is 4.79 Å². The predicted molar refractivity (Wildman–Crippen MR) is 24.5 cm³/mol. The Balaban J connectivity index is 4.40. The van der Waals surface area contributed by atoms with Gasteiger partial charge >= 0.3 is 0 Å². The van der Waals surface area contributed by atoms with Crippen LogP contribution in [-0.4, -0.2) is 11.1 Å². The molecule has 1 nitrogen and oxygen atoms in total. The molecule has 0 aliphatic heterocycles. The van der Waals surface area contributed by atoms with Crippen LogP contribution in [0.3, 0.4) is 0 Å². The van der Waals surface area contributed by atoms with Crippen LogP contribution >= 0.6 is 15.9 Å². The van der Waals surface area contributed by atoms with E-state index in [1.807, 2.05) is 0 Å². The number of carbonyl (C=O) groups is 1. The molecule has 0 fully saturated rings. The molecule has 0 aliphatic rings. The van der Waals surface area contributed by atoms with E-state index in [1.54, 1.807) is 0 Å². The van der Waals surface area contributed by atoms with Gasteiger partial charge in [0.1, 0.15) is 5.78 Å². The van der Waals surface area contributed by atoms with Crippen molar-refractivity contribution in [2.45, 2.75) is 6.85 Å². The first kappa shape index (κ1) is 1.06. The van der Waals surface area contributed by atoms with Crippen molar-refractivity contribution in [2.24, 2.45) is 0 Å². The van der Waals surface area contributed by atoms with Crippen LogP contribution in [0.4, 0.5) is 0 Å². The maximum atomic E-state index is 10.5. The van der Waals surface area contributed by atoms with Crippen molar-refractivity contribution in [3.05, 3.63) is 0 Å². The molecule has 0 atom stereocenters. The molecule has 5 heavy (non-hydrogen) atoms. The SMILES string of the molecule is [2H]C([2H])([2H])C(=O)C([2H])([2H])Br. The third kappa shape index (κ3) is 4.15. The zero-order valence-electron chi connectivity index (χ0n) is 7.29. The number of hydrogen-bond acceptors (Lipinski definition) is 1. The Hall–Kier alpha value is 0.150. The van der Waals surface area contributed by atoms with Crippen LogP contribution in [0.25, 0.3) is 0 Å². The average molecular weight is 142 g/mol. The van der Waals surface area contributed by atoms with Crippen molar-refractivity contribution in [1.29, 1.82) is 0 Å². The van der Waals surface area contributed by atoms with E-state index in [-0.39, 0.29) is 0 Å². The molecule has 0 aliphatic carbocycles. The van der Waals surface area contributed by atoms with Crippen molar-refractivity contribution in [1.82, 2.24) is 0 Å². The number of rotatable bonds is 1.